The summed E-state index contributed by atoms with van der Waals surface area (Å²) >= 11 is 0. The van der Waals surface area contributed by atoms with Crippen molar-refractivity contribution in [3.8, 4) is 11.3 Å². The van der Waals surface area contributed by atoms with E-state index in [2.05, 4.69) is 20.2 Å². The average Bonchev–Trinajstić information content (AvgIpc) is 3.24. The van der Waals surface area contributed by atoms with Crippen LogP contribution in [0.1, 0.15) is 23.0 Å². The third kappa shape index (κ3) is 2.80. The number of hydrogen-bond acceptors (Lipinski definition) is 4. The van der Waals surface area contributed by atoms with Crippen LogP contribution < -0.4 is 0 Å². The molecule has 1 atom stereocenters. The zero-order chi connectivity index (χ0) is 17.4. The van der Waals surface area contributed by atoms with Crippen LogP contribution in [-0.2, 0) is 17.8 Å². The van der Waals surface area contributed by atoms with Crippen LogP contribution in [0.25, 0.3) is 11.3 Å². The molecule has 25 heavy (non-hydrogen) atoms. The predicted molar refractivity (Wildman–Crippen MR) is 87.1 cm³/mol. The standard InChI is InChI=1S/C17H16FN5O2/c18-12-3-1-10(2-4-12)14-11(7-21-22-14)8-23-6-5-13-15(20-9-19-13)16(23)17(24)25/h1-4,7,9,16H,5-6,8H2,(H,19,20)(H,21,22)(H,24,25)/t16-/m0/s1. The number of aromatic nitrogens is 4. The van der Waals surface area contributed by atoms with E-state index < -0.39 is 12.0 Å². The molecule has 0 radical (unpaired) electrons. The number of nitrogens with zero attached hydrogens (tertiary/aromatic N) is 3. The van der Waals surface area contributed by atoms with Crippen molar-refractivity contribution in [2.45, 2.75) is 19.0 Å². The number of nitrogens with one attached hydrogen (secondary N) is 2. The SMILES string of the molecule is O=C(O)[C@@H]1c2nc[nH]c2CCN1Cc1cn[nH]c1-c1ccc(F)cc1. The number of fused-ring (bicyclic) bond motifs is 1. The Hall–Kier alpha value is -3.00. The van der Waals surface area contributed by atoms with Crippen LogP contribution in [0.4, 0.5) is 4.39 Å². The van der Waals surface area contributed by atoms with Gasteiger partial charge in [0.25, 0.3) is 0 Å². The molecule has 1 aliphatic heterocycles. The quantitative estimate of drug-likeness (QED) is 0.675. The topological polar surface area (TPSA) is 97.9 Å². The second kappa shape index (κ2) is 6.14. The van der Waals surface area contributed by atoms with Gasteiger partial charge in [0.2, 0.25) is 0 Å². The Balaban J connectivity index is 1.64. The first-order valence-corrected chi connectivity index (χ1v) is 7.90. The molecule has 128 valence electrons. The lowest BCUT2D eigenvalue weighted by Crippen LogP contribution is -2.39. The smallest absolute Gasteiger partial charge is 0.327 e. The fourth-order valence-electron chi connectivity index (χ4n) is 3.28. The number of H-pyrrole nitrogens is 2. The Kier molecular flexibility index (Phi) is 3.81. The van der Waals surface area contributed by atoms with E-state index in [1.807, 2.05) is 4.90 Å². The molecule has 8 heteroatoms. The van der Waals surface area contributed by atoms with E-state index in [0.29, 0.717) is 25.2 Å². The summed E-state index contributed by atoms with van der Waals surface area (Å²) < 4.78 is 13.1. The first-order valence-electron chi connectivity index (χ1n) is 7.90. The number of carboxylic acid groups (broad SMARTS) is 1. The summed E-state index contributed by atoms with van der Waals surface area (Å²) in [7, 11) is 0. The molecule has 7 nitrogen and oxygen atoms in total. The molecule has 2 aromatic heterocycles. The van der Waals surface area contributed by atoms with Gasteiger partial charge in [-0.25, -0.2) is 9.37 Å². The molecule has 0 bridgehead atoms. The van der Waals surface area contributed by atoms with Gasteiger partial charge in [0, 0.05) is 36.3 Å². The van der Waals surface area contributed by atoms with Crippen molar-refractivity contribution in [2.24, 2.45) is 0 Å². The molecule has 3 N–H and O–H groups in total. The minimum atomic E-state index is -0.931. The molecular weight excluding hydrogens is 325 g/mol. The number of benzene rings is 1. The molecule has 0 spiro atoms. The number of rotatable bonds is 4. The normalized spacial score (nSPS) is 17.4. The van der Waals surface area contributed by atoms with Crippen molar-refractivity contribution in [1.29, 1.82) is 0 Å². The maximum atomic E-state index is 13.1. The van der Waals surface area contributed by atoms with Gasteiger partial charge in [-0.15, -0.1) is 0 Å². The van der Waals surface area contributed by atoms with E-state index in [-0.39, 0.29) is 5.82 Å². The van der Waals surface area contributed by atoms with Crippen LogP contribution >= 0.6 is 0 Å². The van der Waals surface area contributed by atoms with Crippen LogP contribution in [0.2, 0.25) is 0 Å². The zero-order valence-corrected chi connectivity index (χ0v) is 13.2. The lowest BCUT2D eigenvalue weighted by Gasteiger charge is -2.32. The number of aliphatic carboxylic acids is 1. The highest BCUT2D eigenvalue weighted by atomic mass is 19.1. The highest BCUT2D eigenvalue weighted by molar-refractivity contribution is 5.75. The Morgan fingerprint density at radius 2 is 2.16 bits per heavy atom. The average molecular weight is 341 g/mol. The number of carboxylic acids is 1. The Bertz CT molecular complexity index is 902. The highest BCUT2D eigenvalue weighted by Gasteiger charge is 2.35. The van der Waals surface area contributed by atoms with Crippen molar-refractivity contribution >= 4 is 5.97 Å². The van der Waals surface area contributed by atoms with E-state index in [4.69, 9.17) is 0 Å². The summed E-state index contributed by atoms with van der Waals surface area (Å²) in [5, 5.41) is 16.7. The van der Waals surface area contributed by atoms with E-state index in [0.717, 1.165) is 22.5 Å². The molecule has 3 heterocycles. The second-order valence-electron chi connectivity index (χ2n) is 6.00. The van der Waals surface area contributed by atoms with E-state index in [1.165, 1.54) is 18.5 Å². The molecule has 4 rings (SSSR count). The van der Waals surface area contributed by atoms with Gasteiger partial charge < -0.3 is 10.1 Å². The third-order valence-corrected chi connectivity index (χ3v) is 4.48. The molecule has 1 aliphatic rings. The Labute approximate surface area is 142 Å². The van der Waals surface area contributed by atoms with Crippen molar-refractivity contribution in [3.05, 3.63) is 59.6 Å². The molecule has 0 unspecified atom stereocenters. The lowest BCUT2D eigenvalue weighted by atomic mass is 10.0. The van der Waals surface area contributed by atoms with E-state index in [9.17, 15) is 14.3 Å². The minimum Gasteiger partial charge on any atom is -0.480 e. The Morgan fingerprint density at radius 1 is 1.36 bits per heavy atom. The van der Waals surface area contributed by atoms with Gasteiger partial charge in [-0.3, -0.25) is 14.8 Å². The predicted octanol–water partition coefficient (Wildman–Crippen LogP) is 2.12. The van der Waals surface area contributed by atoms with Crippen LogP contribution in [-0.4, -0.2) is 42.7 Å². The van der Waals surface area contributed by atoms with E-state index >= 15 is 0 Å². The highest BCUT2D eigenvalue weighted by Crippen LogP contribution is 2.31. The molecular formula is C17H16FN5O2. The number of hydrogen-bond donors (Lipinski definition) is 3. The molecule has 1 aromatic carbocycles. The van der Waals surface area contributed by atoms with Crippen LogP contribution in [0, 0.1) is 5.82 Å². The number of imidazole rings is 1. The molecule has 0 saturated heterocycles. The lowest BCUT2D eigenvalue weighted by molar-refractivity contribution is -0.144. The van der Waals surface area contributed by atoms with Gasteiger partial charge >= 0.3 is 5.97 Å². The van der Waals surface area contributed by atoms with Gasteiger partial charge in [-0.05, 0) is 24.3 Å². The molecule has 0 fully saturated rings. The zero-order valence-electron chi connectivity index (χ0n) is 13.2. The monoisotopic (exact) mass is 341 g/mol. The number of halogens is 1. The number of aromatic amines is 2. The summed E-state index contributed by atoms with van der Waals surface area (Å²) in [5.74, 6) is -1.24. The maximum absolute atomic E-state index is 13.1. The largest absolute Gasteiger partial charge is 0.480 e. The molecule has 0 aliphatic carbocycles. The van der Waals surface area contributed by atoms with Gasteiger partial charge in [-0.2, -0.15) is 5.10 Å². The van der Waals surface area contributed by atoms with Crippen molar-refractivity contribution in [2.75, 3.05) is 6.54 Å². The summed E-state index contributed by atoms with van der Waals surface area (Å²) in [6, 6.07) is 5.31. The molecule has 0 amide bonds. The first-order chi connectivity index (χ1) is 12.1. The van der Waals surface area contributed by atoms with Crippen molar-refractivity contribution in [3.63, 3.8) is 0 Å². The summed E-state index contributed by atoms with van der Waals surface area (Å²) in [6.07, 6.45) is 3.92. The van der Waals surface area contributed by atoms with Gasteiger partial charge in [0.05, 0.1) is 23.9 Å². The fourth-order valence-corrected chi connectivity index (χ4v) is 3.28. The van der Waals surface area contributed by atoms with Gasteiger partial charge in [0.1, 0.15) is 5.82 Å². The van der Waals surface area contributed by atoms with E-state index in [1.54, 1.807) is 18.3 Å². The van der Waals surface area contributed by atoms with Crippen LogP contribution in [0.15, 0.2) is 36.8 Å². The molecule has 3 aromatic rings. The summed E-state index contributed by atoms with van der Waals surface area (Å²) in [5.41, 5.74) is 3.85. The fraction of sp³-hybridized carbons (Fsp3) is 0.235. The minimum absolute atomic E-state index is 0.308. The van der Waals surface area contributed by atoms with Gasteiger partial charge in [-0.1, -0.05) is 0 Å². The van der Waals surface area contributed by atoms with Crippen LogP contribution in [0.3, 0.4) is 0 Å². The third-order valence-electron chi connectivity index (χ3n) is 4.48. The Morgan fingerprint density at radius 3 is 2.92 bits per heavy atom. The van der Waals surface area contributed by atoms with Gasteiger partial charge in [0.15, 0.2) is 6.04 Å². The number of carbonyl (C=O) groups is 1. The van der Waals surface area contributed by atoms with Crippen molar-refractivity contribution in [1.82, 2.24) is 25.1 Å². The second-order valence-corrected chi connectivity index (χ2v) is 6.00. The molecule has 0 saturated carbocycles. The van der Waals surface area contributed by atoms with Crippen LogP contribution in [0.5, 0.6) is 0 Å². The van der Waals surface area contributed by atoms with Crippen molar-refractivity contribution < 1.29 is 14.3 Å². The summed E-state index contributed by atoms with van der Waals surface area (Å²) in [6.45, 7) is 1.01. The first kappa shape index (κ1) is 15.5. The maximum Gasteiger partial charge on any atom is 0.327 e. The summed E-state index contributed by atoms with van der Waals surface area (Å²) in [4.78, 5) is 20.8.